The second-order valence-electron chi connectivity index (χ2n) is 12.9. The number of carboxylic acids is 5. The minimum Gasteiger partial charge on any atom is -0.508 e. The van der Waals surface area contributed by atoms with Crippen molar-refractivity contribution in [1.29, 1.82) is 0 Å². The molecule has 1 aliphatic rings. The fraction of sp³-hybridized carbons (Fsp3) is 0.516. The van der Waals surface area contributed by atoms with Gasteiger partial charge in [-0.2, -0.15) is 0 Å². The summed E-state index contributed by atoms with van der Waals surface area (Å²) < 4.78 is 22.7. The Morgan fingerprint density at radius 3 is 1.79 bits per heavy atom. The number of anilines is 1. The lowest BCUT2D eigenvalue weighted by Crippen LogP contribution is -2.62. The summed E-state index contributed by atoms with van der Waals surface area (Å²) in [6, 6.07) is 2.55. The van der Waals surface area contributed by atoms with Gasteiger partial charge in [-0.25, -0.2) is 13.6 Å². The van der Waals surface area contributed by atoms with Crippen LogP contribution < -0.4 is 21.1 Å². The van der Waals surface area contributed by atoms with Crippen molar-refractivity contribution in [3.05, 3.63) is 29.8 Å². The molecule has 2 aromatic rings. The molecule has 3 rings (SSSR count). The highest BCUT2D eigenvalue weighted by Gasteiger charge is 2.38. The van der Waals surface area contributed by atoms with Crippen molar-refractivity contribution >= 4 is 68.2 Å². The molecule has 314 valence electrons. The number of primary sulfonamides is 1. The van der Waals surface area contributed by atoms with E-state index in [1.807, 2.05) is 0 Å². The molecule has 1 fully saturated rings. The van der Waals surface area contributed by atoms with Crippen LogP contribution in [0.1, 0.15) is 31.2 Å². The van der Waals surface area contributed by atoms with Crippen LogP contribution in [0.5, 0.6) is 5.75 Å². The predicted octanol–water partition coefficient (Wildman–Crippen LogP) is -2.89. The van der Waals surface area contributed by atoms with Crippen molar-refractivity contribution in [2.75, 3.05) is 51.1 Å². The summed E-state index contributed by atoms with van der Waals surface area (Å²) in [6.45, 7) is -5.07. The fourth-order valence-corrected chi connectivity index (χ4v) is 7.66. The number of nitrogens with one attached hydrogen (secondary N) is 3. The Hall–Kier alpha value is -5.38. The van der Waals surface area contributed by atoms with Gasteiger partial charge in [0.1, 0.15) is 11.8 Å². The summed E-state index contributed by atoms with van der Waals surface area (Å²) in [6.07, 6.45) is 0.0467. The normalized spacial score (nSPS) is 16.8. The van der Waals surface area contributed by atoms with Gasteiger partial charge < -0.3 is 36.0 Å². The lowest BCUT2D eigenvalue weighted by Gasteiger charge is -2.45. The van der Waals surface area contributed by atoms with Gasteiger partial charge >= 0.3 is 29.8 Å². The zero-order chi connectivity index (χ0) is 42.4. The van der Waals surface area contributed by atoms with E-state index in [1.54, 1.807) is 0 Å². The largest absolute Gasteiger partial charge is 0.508 e. The van der Waals surface area contributed by atoms with Gasteiger partial charge in [0, 0.05) is 25.0 Å². The van der Waals surface area contributed by atoms with Gasteiger partial charge in [-0.3, -0.25) is 58.9 Å². The minimum atomic E-state index is -4.26. The average Bonchev–Trinajstić information content (AvgIpc) is 3.58. The van der Waals surface area contributed by atoms with E-state index in [0.717, 1.165) is 4.90 Å². The van der Waals surface area contributed by atoms with Crippen LogP contribution in [-0.4, -0.2) is 176 Å². The monoisotopic (exact) mass is 845 g/mol. The Morgan fingerprint density at radius 1 is 0.789 bits per heavy atom. The number of phenolic OH excluding ortho intramolecular Hbond substituents is 1. The maximum Gasteiger partial charge on any atom is 0.317 e. The van der Waals surface area contributed by atoms with Crippen molar-refractivity contribution < 1.29 is 72.6 Å². The molecule has 4 atom stereocenters. The van der Waals surface area contributed by atoms with E-state index >= 15 is 0 Å². The van der Waals surface area contributed by atoms with Gasteiger partial charge in [-0.05, 0) is 30.5 Å². The maximum atomic E-state index is 13.5. The highest BCUT2D eigenvalue weighted by atomic mass is 32.2. The summed E-state index contributed by atoms with van der Waals surface area (Å²) >= 11 is 0.434. The van der Waals surface area contributed by atoms with E-state index in [1.165, 1.54) is 34.1 Å². The summed E-state index contributed by atoms with van der Waals surface area (Å²) in [5, 5.41) is 77.3. The van der Waals surface area contributed by atoms with Gasteiger partial charge in [0.25, 0.3) is 10.0 Å². The number of benzene rings is 1. The molecule has 1 aromatic carbocycles. The molecule has 1 aliphatic carbocycles. The second kappa shape index (κ2) is 21.2. The third-order valence-electron chi connectivity index (χ3n) is 8.58. The van der Waals surface area contributed by atoms with Gasteiger partial charge in [0.2, 0.25) is 21.3 Å². The van der Waals surface area contributed by atoms with E-state index in [-0.39, 0.29) is 30.1 Å². The minimum absolute atomic E-state index is 0.0938. The van der Waals surface area contributed by atoms with E-state index in [0.29, 0.717) is 29.7 Å². The van der Waals surface area contributed by atoms with Crippen LogP contribution in [-0.2, 0) is 50.0 Å². The van der Waals surface area contributed by atoms with Crippen molar-refractivity contribution in [1.82, 2.24) is 35.5 Å². The number of aromatic hydroxyl groups is 1. The Bertz CT molecular complexity index is 1850. The highest BCUT2D eigenvalue weighted by Crippen LogP contribution is 2.28. The first kappa shape index (κ1) is 46.0. The summed E-state index contributed by atoms with van der Waals surface area (Å²) in [5.41, 5.74) is 0.446. The number of hydrogen-bond donors (Lipinski definition) is 10. The van der Waals surface area contributed by atoms with E-state index in [9.17, 15) is 72.6 Å². The molecule has 0 saturated heterocycles. The number of nitrogens with zero attached hydrogens (tertiary/aromatic N) is 5. The SMILES string of the molecule is NS(=O)(=O)c1nnc(NC(=O)[C@H](Cc2ccc(O)cc2)NC(=O)CNC(CN(CC(=O)O)C2CCCCC2N(CC(=O)O)CC(=O)O)N(CC(=O)O)CC(=O)O)s1. The molecule has 26 heteroatoms. The Balaban J connectivity index is 1.93. The van der Waals surface area contributed by atoms with Crippen molar-refractivity contribution in [3.8, 4) is 5.75 Å². The lowest BCUT2D eigenvalue weighted by atomic mass is 9.87. The summed E-state index contributed by atoms with van der Waals surface area (Å²) in [7, 11) is -4.26. The maximum absolute atomic E-state index is 13.5. The molecule has 3 unspecified atom stereocenters. The number of sulfonamides is 1. The summed E-state index contributed by atoms with van der Waals surface area (Å²) in [5.74, 6) is -8.88. The Labute approximate surface area is 328 Å². The number of hydrogen-bond acceptors (Lipinski definition) is 17. The Kier molecular flexibility index (Phi) is 17.1. The fourth-order valence-electron chi connectivity index (χ4n) is 6.33. The third-order valence-corrected chi connectivity index (χ3v) is 10.7. The highest BCUT2D eigenvalue weighted by molar-refractivity contribution is 7.91. The topological polar surface area (TPSA) is 373 Å². The quantitative estimate of drug-likeness (QED) is 0.0374. The number of carboxylic acid groups (broad SMARTS) is 5. The van der Waals surface area contributed by atoms with Gasteiger partial charge in [0.15, 0.2) is 0 Å². The van der Waals surface area contributed by atoms with E-state index in [2.05, 4.69) is 26.1 Å². The molecule has 24 nitrogen and oxygen atoms in total. The van der Waals surface area contributed by atoms with Crippen molar-refractivity contribution in [2.24, 2.45) is 5.14 Å². The first-order valence-corrected chi connectivity index (χ1v) is 19.4. The van der Waals surface area contributed by atoms with Crippen molar-refractivity contribution in [3.63, 3.8) is 0 Å². The molecular weight excluding hydrogens is 803 g/mol. The van der Waals surface area contributed by atoms with Crippen LogP contribution >= 0.6 is 11.3 Å². The van der Waals surface area contributed by atoms with Gasteiger partial charge in [-0.1, -0.05) is 36.3 Å². The molecule has 0 radical (unpaired) electrons. The van der Waals surface area contributed by atoms with Crippen LogP contribution in [0.25, 0.3) is 0 Å². The van der Waals surface area contributed by atoms with Gasteiger partial charge in [-0.15, -0.1) is 10.2 Å². The molecule has 0 spiro atoms. The average molecular weight is 846 g/mol. The number of amides is 2. The molecule has 1 aromatic heterocycles. The number of carbonyl (C=O) groups is 7. The first-order chi connectivity index (χ1) is 26.7. The molecule has 57 heavy (non-hydrogen) atoms. The summed E-state index contributed by atoms with van der Waals surface area (Å²) in [4.78, 5) is 89.7. The smallest absolute Gasteiger partial charge is 0.317 e. The molecular formula is C31H43N9O15S2. The zero-order valence-corrected chi connectivity index (χ0v) is 31.7. The number of nitrogens with two attached hydrogens (primary N) is 1. The van der Waals surface area contributed by atoms with E-state index in [4.69, 9.17) is 5.14 Å². The number of rotatable bonds is 24. The van der Waals surface area contributed by atoms with Gasteiger partial charge in [0.05, 0.1) is 45.4 Å². The van der Waals surface area contributed by atoms with Crippen LogP contribution in [0.4, 0.5) is 5.13 Å². The molecule has 1 saturated carbocycles. The Morgan fingerprint density at radius 2 is 1.30 bits per heavy atom. The molecule has 1 heterocycles. The standard InChI is InChI=1S/C31H43N9O15S2/c32-57(54,55)31-37-36-30(56-31)35-29(53)19(9-17-5-7-18(41)8-6-17)34-23(42)10-33-22(40(15-27(49)50)16-28(51)52)11-38(12-24(43)44)20-3-1-2-4-21(20)39(13-25(45)46)14-26(47)48/h5-8,19-22,33,41H,1-4,9-16H2,(H,34,42)(H,43,44)(H,45,46)(H,47,48)(H,49,50)(H,51,52)(H2,32,54,55)(H,35,36,53)/t19-,20?,21?,22?/m0/s1. The number of aliphatic carboxylic acids is 5. The van der Waals surface area contributed by atoms with Crippen LogP contribution in [0.15, 0.2) is 28.6 Å². The third kappa shape index (κ3) is 15.6. The van der Waals surface area contributed by atoms with Crippen molar-refractivity contribution in [2.45, 2.75) is 60.7 Å². The lowest BCUT2D eigenvalue weighted by molar-refractivity contribution is -0.146. The van der Waals surface area contributed by atoms with E-state index < -0.39 is 126 Å². The zero-order valence-electron chi connectivity index (χ0n) is 30.1. The molecule has 0 aliphatic heterocycles. The molecule has 0 bridgehead atoms. The number of carbonyl (C=O) groups excluding carboxylic acids is 2. The van der Waals surface area contributed by atoms with Crippen LogP contribution in [0, 0.1) is 0 Å². The second-order valence-corrected chi connectivity index (χ2v) is 15.6. The van der Waals surface area contributed by atoms with Crippen LogP contribution in [0.2, 0.25) is 0 Å². The molecule has 11 N–H and O–H groups in total. The first-order valence-electron chi connectivity index (χ1n) is 17.0. The number of phenols is 1. The van der Waals surface area contributed by atoms with Crippen LogP contribution in [0.3, 0.4) is 0 Å². The number of aromatic nitrogens is 2. The predicted molar refractivity (Wildman–Crippen MR) is 194 cm³/mol. The molecule has 2 amide bonds.